The molecule has 1 saturated heterocycles. The van der Waals surface area contributed by atoms with Gasteiger partial charge in [0.25, 0.3) is 5.91 Å². The third kappa shape index (κ3) is 1.71. The molecular weight excluding hydrogens is 316 g/mol. The van der Waals surface area contributed by atoms with Gasteiger partial charge >= 0.3 is 6.03 Å². The highest BCUT2D eigenvalue weighted by atomic mass is 32.2. The second-order valence-electron chi connectivity index (χ2n) is 5.68. The van der Waals surface area contributed by atoms with Gasteiger partial charge in [-0.15, -0.1) is 0 Å². The van der Waals surface area contributed by atoms with Crippen molar-refractivity contribution in [2.75, 3.05) is 6.26 Å². The lowest BCUT2D eigenvalue weighted by Crippen LogP contribution is -2.43. The monoisotopic (exact) mass is 328 g/mol. The highest BCUT2D eigenvalue weighted by molar-refractivity contribution is 7.90. The lowest BCUT2D eigenvalue weighted by Gasteiger charge is -2.23. The van der Waals surface area contributed by atoms with Crippen LogP contribution in [0.3, 0.4) is 0 Å². The summed E-state index contributed by atoms with van der Waals surface area (Å²) in [5.41, 5.74) is 1.29. The molecule has 23 heavy (non-hydrogen) atoms. The Balaban J connectivity index is 2.10. The van der Waals surface area contributed by atoms with Crippen molar-refractivity contribution in [2.24, 2.45) is 0 Å². The minimum absolute atomic E-state index is 0.109. The largest absolute Gasteiger partial charge is 0.322 e. The van der Waals surface area contributed by atoms with E-state index in [1.807, 2.05) is 12.1 Å². The molecule has 1 atom stereocenters. The van der Waals surface area contributed by atoms with Crippen molar-refractivity contribution in [3.8, 4) is 11.1 Å². The van der Waals surface area contributed by atoms with E-state index >= 15 is 0 Å². The first-order chi connectivity index (χ1) is 10.8. The van der Waals surface area contributed by atoms with Crippen molar-refractivity contribution in [3.05, 3.63) is 53.6 Å². The first-order valence-electron chi connectivity index (χ1n) is 6.92. The molecule has 1 spiro atoms. The summed E-state index contributed by atoms with van der Waals surface area (Å²) in [6.07, 6.45) is 1.11. The summed E-state index contributed by atoms with van der Waals surface area (Å²) in [5, 5.41) is 4.93. The van der Waals surface area contributed by atoms with Gasteiger partial charge in [0.05, 0.1) is 4.90 Å². The minimum atomic E-state index is -3.43. The average molecular weight is 328 g/mol. The second-order valence-corrected chi connectivity index (χ2v) is 7.70. The van der Waals surface area contributed by atoms with Crippen LogP contribution in [-0.2, 0) is 20.2 Å². The molecule has 2 aromatic carbocycles. The number of amides is 3. The van der Waals surface area contributed by atoms with Gasteiger partial charge < -0.3 is 5.32 Å². The Hall–Kier alpha value is -2.67. The molecule has 2 N–H and O–H groups in total. The molecule has 7 heteroatoms. The predicted molar refractivity (Wildman–Crippen MR) is 82.4 cm³/mol. The first-order valence-corrected chi connectivity index (χ1v) is 8.81. The number of hydrogen-bond acceptors (Lipinski definition) is 4. The number of benzene rings is 2. The van der Waals surface area contributed by atoms with Crippen molar-refractivity contribution in [1.29, 1.82) is 0 Å². The number of rotatable bonds is 1. The summed E-state index contributed by atoms with van der Waals surface area (Å²) in [6.45, 7) is 0. The number of urea groups is 1. The molecule has 3 amide bonds. The molecule has 6 nitrogen and oxygen atoms in total. The maximum Gasteiger partial charge on any atom is 0.322 e. The van der Waals surface area contributed by atoms with E-state index in [0.29, 0.717) is 11.1 Å². The Morgan fingerprint density at radius 2 is 1.65 bits per heavy atom. The number of nitrogens with one attached hydrogen (secondary N) is 2. The molecule has 1 aliphatic carbocycles. The third-order valence-corrected chi connectivity index (χ3v) is 5.42. The first kappa shape index (κ1) is 14.0. The van der Waals surface area contributed by atoms with E-state index in [9.17, 15) is 18.0 Å². The zero-order valence-corrected chi connectivity index (χ0v) is 12.9. The Bertz CT molecular complexity index is 997. The van der Waals surface area contributed by atoms with Gasteiger partial charge in [-0.05, 0) is 28.8 Å². The summed E-state index contributed by atoms with van der Waals surface area (Å²) < 4.78 is 23.7. The number of carbonyl (C=O) groups excluding carboxylic acids is 2. The van der Waals surface area contributed by atoms with Crippen LogP contribution in [0.1, 0.15) is 11.1 Å². The molecule has 2 aromatic rings. The van der Waals surface area contributed by atoms with Gasteiger partial charge in [-0.3, -0.25) is 10.1 Å². The fourth-order valence-electron chi connectivity index (χ4n) is 3.32. The molecule has 0 saturated carbocycles. The van der Waals surface area contributed by atoms with Crippen LogP contribution < -0.4 is 10.6 Å². The number of fused-ring (bicyclic) bond motifs is 5. The maximum absolute atomic E-state index is 12.6. The van der Waals surface area contributed by atoms with Gasteiger partial charge in [0.1, 0.15) is 0 Å². The average Bonchev–Trinajstić information content (AvgIpc) is 2.95. The van der Waals surface area contributed by atoms with Crippen LogP contribution in [0.15, 0.2) is 47.4 Å². The summed E-state index contributed by atoms with van der Waals surface area (Å²) >= 11 is 0. The van der Waals surface area contributed by atoms with Crippen LogP contribution in [0.4, 0.5) is 4.79 Å². The minimum Gasteiger partial charge on any atom is -0.316 e. The van der Waals surface area contributed by atoms with Crippen molar-refractivity contribution in [3.63, 3.8) is 0 Å². The Morgan fingerprint density at radius 3 is 2.30 bits per heavy atom. The fourth-order valence-corrected chi connectivity index (χ4v) is 3.97. The van der Waals surface area contributed by atoms with Crippen LogP contribution in [0.25, 0.3) is 11.1 Å². The highest BCUT2D eigenvalue weighted by Gasteiger charge is 2.54. The standard InChI is InChI=1S/C16H12N2O4S/c1-23(21,22)9-6-7-11-10-4-2-3-5-12(10)16(13(11)8-9)14(19)17-15(20)18-16/h2-8H,1H3,(H2,17,18,19,20). The van der Waals surface area contributed by atoms with Crippen molar-refractivity contribution in [1.82, 2.24) is 10.6 Å². The molecule has 1 unspecified atom stereocenters. The molecule has 1 fully saturated rings. The summed E-state index contributed by atoms with van der Waals surface area (Å²) in [4.78, 5) is 24.4. The lowest BCUT2D eigenvalue weighted by atomic mass is 9.88. The van der Waals surface area contributed by atoms with Crippen LogP contribution in [0.2, 0.25) is 0 Å². The normalized spacial score (nSPS) is 21.8. The van der Waals surface area contributed by atoms with E-state index in [2.05, 4.69) is 10.6 Å². The molecule has 116 valence electrons. The van der Waals surface area contributed by atoms with Gasteiger partial charge in [0, 0.05) is 11.8 Å². The van der Waals surface area contributed by atoms with Gasteiger partial charge in [-0.1, -0.05) is 30.3 Å². The van der Waals surface area contributed by atoms with E-state index in [0.717, 1.165) is 17.4 Å². The van der Waals surface area contributed by atoms with Gasteiger partial charge in [-0.25, -0.2) is 13.2 Å². The molecule has 2 aliphatic rings. The van der Waals surface area contributed by atoms with Crippen LogP contribution in [-0.4, -0.2) is 26.6 Å². The molecule has 4 rings (SSSR count). The van der Waals surface area contributed by atoms with E-state index in [1.54, 1.807) is 18.2 Å². The Kier molecular flexibility index (Phi) is 2.55. The lowest BCUT2D eigenvalue weighted by molar-refractivity contribution is -0.122. The number of imide groups is 1. The Morgan fingerprint density at radius 1 is 0.957 bits per heavy atom. The molecule has 1 aliphatic heterocycles. The molecule has 1 heterocycles. The van der Waals surface area contributed by atoms with Gasteiger partial charge in [0.2, 0.25) is 0 Å². The molecule has 0 aromatic heterocycles. The molecule has 0 bridgehead atoms. The quantitative estimate of drug-likeness (QED) is 0.768. The van der Waals surface area contributed by atoms with Crippen molar-refractivity contribution in [2.45, 2.75) is 10.4 Å². The highest BCUT2D eigenvalue weighted by Crippen LogP contribution is 2.49. The van der Waals surface area contributed by atoms with Crippen LogP contribution in [0, 0.1) is 0 Å². The zero-order chi connectivity index (χ0) is 16.4. The SMILES string of the molecule is CS(=O)(=O)c1ccc2c(c1)C1(NC(=O)NC1=O)c1ccccc1-2. The van der Waals surface area contributed by atoms with E-state index in [-0.39, 0.29) is 4.90 Å². The smallest absolute Gasteiger partial charge is 0.316 e. The summed E-state index contributed by atoms with van der Waals surface area (Å²) in [7, 11) is -3.43. The van der Waals surface area contributed by atoms with Gasteiger partial charge in [0.15, 0.2) is 15.4 Å². The number of hydrogen-bond donors (Lipinski definition) is 2. The predicted octanol–water partition coefficient (Wildman–Crippen LogP) is 1.15. The zero-order valence-electron chi connectivity index (χ0n) is 12.1. The summed E-state index contributed by atoms with van der Waals surface area (Å²) in [5.74, 6) is -0.501. The Labute approximate surface area is 132 Å². The second kappa shape index (κ2) is 4.20. The van der Waals surface area contributed by atoms with Crippen LogP contribution in [0.5, 0.6) is 0 Å². The third-order valence-electron chi connectivity index (χ3n) is 4.31. The van der Waals surface area contributed by atoms with E-state index < -0.39 is 27.3 Å². The topological polar surface area (TPSA) is 92.3 Å². The van der Waals surface area contributed by atoms with Gasteiger partial charge in [-0.2, -0.15) is 0 Å². The van der Waals surface area contributed by atoms with Crippen molar-refractivity contribution < 1.29 is 18.0 Å². The fraction of sp³-hybridized carbons (Fsp3) is 0.125. The summed E-state index contributed by atoms with van der Waals surface area (Å²) in [6, 6.07) is 11.3. The maximum atomic E-state index is 12.6. The number of carbonyl (C=O) groups is 2. The van der Waals surface area contributed by atoms with E-state index in [4.69, 9.17) is 0 Å². The van der Waals surface area contributed by atoms with Crippen LogP contribution >= 0.6 is 0 Å². The van der Waals surface area contributed by atoms with E-state index in [1.165, 1.54) is 12.1 Å². The van der Waals surface area contributed by atoms with Crippen molar-refractivity contribution >= 4 is 21.8 Å². The molecular formula is C16H12N2O4S. The molecule has 0 radical (unpaired) electrons. The number of sulfone groups is 1.